The van der Waals surface area contributed by atoms with E-state index in [0.717, 1.165) is 11.8 Å². The van der Waals surface area contributed by atoms with E-state index in [-0.39, 0.29) is 0 Å². The van der Waals surface area contributed by atoms with Gasteiger partial charge in [0.2, 0.25) is 0 Å². The van der Waals surface area contributed by atoms with E-state index in [0.29, 0.717) is 4.87 Å². The highest BCUT2D eigenvalue weighted by Crippen LogP contribution is 2.49. The number of hydrogen-bond acceptors (Lipinski definition) is 2. The lowest BCUT2D eigenvalue weighted by molar-refractivity contribution is 0.135. The van der Waals surface area contributed by atoms with Gasteiger partial charge in [0.25, 0.3) is 0 Å². The topological polar surface area (TPSA) is 12.0 Å². The van der Waals surface area contributed by atoms with Crippen LogP contribution in [-0.2, 0) is 0 Å². The van der Waals surface area contributed by atoms with Crippen molar-refractivity contribution in [1.82, 2.24) is 5.32 Å². The van der Waals surface area contributed by atoms with Crippen LogP contribution in [0, 0.1) is 11.8 Å². The Hall–Kier alpha value is 0.310. The SMILES string of the molecule is C1CC[C@@H]2C[C@]3(CC[C@@H]2C1)NCCS3. The van der Waals surface area contributed by atoms with E-state index in [1.165, 1.54) is 57.2 Å². The third-order valence-electron chi connectivity index (χ3n) is 4.50. The molecule has 3 fully saturated rings. The second kappa shape index (κ2) is 3.71. The molecule has 1 heterocycles. The highest BCUT2D eigenvalue weighted by molar-refractivity contribution is 8.00. The highest BCUT2D eigenvalue weighted by atomic mass is 32.2. The Morgan fingerprint density at radius 1 is 1.07 bits per heavy atom. The Bertz CT molecular complexity index is 210. The van der Waals surface area contributed by atoms with Gasteiger partial charge in [-0.15, -0.1) is 11.8 Å². The molecule has 0 radical (unpaired) electrons. The zero-order valence-electron chi connectivity index (χ0n) is 8.93. The molecular weight excluding hydrogens is 190 g/mol. The van der Waals surface area contributed by atoms with E-state index in [1.807, 2.05) is 0 Å². The Kier molecular flexibility index (Phi) is 2.53. The average molecular weight is 211 g/mol. The second-order valence-electron chi connectivity index (χ2n) is 5.32. The molecule has 0 bridgehead atoms. The third-order valence-corrected chi connectivity index (χ3v) is 5.98. The Morgan fingerprint density at radius 2 is 1.93 bits per heavy atom. The Balaban J connectivity index is 1.70. The minimum Gasteiger partial charge on any atom is -0.302 e. The zero-order valence-corrected chi connectivity index (χ0v) is 9.74. The summed E-state index contributed by atoms with van der Waals surface area (Å²) in [7, 11) is 0. The first-order valence-electron chi connectivity index (χ1n) is 6.27. The molecule has 0 unspecified atom stereocenters. The van der Waals surface area contributed by atoms with Gasteiger partial charge in [-0.2, -0.15) is 0 Å². The van der Waals surface area contributed by atoms with E-state index in [1.54, 1.807) is 0 Å². The number of rotatable bonds is 0. The maximum atomic E-state index is 3.77. The summed E-state index contributed by atoms with van der Waals surface area (Å²) >= 11 is 2.21. The van der Waals surface area contributed by atoms with Gasteiger partial charge in [-0.25, -0.2) is 0 Å². The van der Waals surface area contributed by atoms with Crippen molar-refractivity contribution in [2.24, 2.45) is 11.8 Å². The van der Waals surface area contributed by atoms with Crippen molar-refractivity contribution in [2.75, 3.05) is 12.3 Å². The molecule has 3 atom stereocenters. The van der Waals surface area contributed by atoms with Gasteiger partial charge < -0.3 is 5.32 Å². The van der Waals surface area contributed by atoms with Crippen molar-refractivity contribution >= 4 is 11.8 Å². The fourth-order valence-electron chi connectivity index (χ4n) is 3.75. The molecule has 1 spiro atoms. The summed E-state index contributed by atoms with van der Waals surface area (Å²) in [6.07, 6.45) is 10.5. The zero-order chi connectivity index (χ0) is 9.43. The van der Waals surface area contributed by atoms with Crippen LogP contribution in [-0.4, -0.2) is 17.2 Å². The van der Waals surface area contributed by atoms with Crippen LogP contribution in [0.5, 0.6) is 0 Å². The minimum atomic E-state index is 0.526. The molecule has 80 valence electrons. The minimum absolute atomic E-state index is 0.526. The first kappa shape index (κ1) is 9.53. The van der Waals surface area contributed by atoms with Crippen LogP contribution in [0.25, 0.3) is 0 Å². The molecule has 2 saturated carbocycles. The van der Waals surface area contributed by atoms with Gasteiger partial charge in [0.05, 0.1) is 4.87 Å². The van der Waals surface area contributed by atoms with Crippen LogP contribution in [0.1, 0.15) is 44.9 Å². The maximum absolute atomic E-state index is 3.77. The molecule has 0 aromatic carbocycles. The number of nitrogens with one attached hydrogen (secondary N) is 1. The van der Waals surface area contributed by atoms with Gasteiger partial charge in [-0.05, 0) is 31.1 Å². The van der Waals surface area contributed by atoms with Crippen LogP contribution in [0.4, 0.5) is 0 Å². The molecule has 1 nitrogen and oxygen atoms in total. The molecule has 3 aliphatic rings. The van der Waals surface area contributed by atoms with Crippen molar-refractivity contribution in [3.8, 4) is 0 Å². The van der Waals surface area contributed by atoms with Crippen molar-refractivity contribution in [3.63, 3.8) is 0 Å². The summed E-state index contributed by atoms with van der Waals surface area (Å²) < 4.78 is 0. The predicted octanol–water partition coefficient (Wildman–Crippen LogP) is 3.01. The van der Waals surface area contributed by atoms with E-state index in [4.69, 9.17) is 0 Å². The van der Waals surface area contributed by atoms with Gasteiger partial charge in [-0.1, -0.05) is 25.7 Å². The molecule has 0 aromatic heterocycles. The number of thioether (sulfide) groups is 1. The molecule has 1 N–H and O–H groups in total. The Labute approximate surface area is 91.4 Å². The van der Waals surface area contributed by atoms with E-state index in [2.05, 4.69) is 17.1 Å². The summed E-state index contributed by atoms with van der Waals surface area (Å²) in [6.45, 7) is 1.25. The first-order chi connectivity index (χ1) is 6.88. The Morgan fingerprint density at radius 3 is 2.71 bits per heavy atom. The normalized spacial score (nSPS) is 48.0. The fourth-order valence-corrected chi connectivity index (χ4v) is 5.14. The quantitative estimate of drug-likeness (QED) is 0.661. The van der Waals surface area contributed by atoms with Crippen LogP contribution >= 0.6 is 11.8 Å². The molecular formula is C12H21NS. The molecule has 1 aliphatic heterocycles. The largest absolute Gasteiger partial charge is 0.302 e. The molecule has 3 rings (SSSR count). The molecule has 2 aliphatic carbocycles. The van der Waals surface area contributed by atoms with Crippen LogP contribution in [0.15, 0.2) is 0 Å². The summed E-state index contributed by atoms with van der Waals surface area (Å²) in [5.41, 5.74) is 0. The first-order valence-corrected chi connectivity index (χ1v) is 7.26. The molecule has 0 aromatic rings. The van der Waals surface area contributed by atoms with Crippen molar-refractivity contribution in [1.29, 1.82) is 0 Å². The van der Waals surface area contributed by atoms with Gasteiger partial charge >= 0.3 is 0 Å². The highest BCUT2D eigenvalue weighted by Gasteiger charge is 2.43. The van der Waals surface area contributed by atoms with Gasteiger partial charge in [0.1, 0.15) is 0 Å². The van der Waals surface area contributed by atoms with Crippen LogP contribution < -0.4 is 5.32 Å². The second-order valence-corrected chi connectivity index (χ2v) is 6.80. The summed E-state index contributed by atoms with van der Waals surface area (Å²) in [5, 5.41) is 3.77. The third kappa shape index (κ3) is 1.61. The van der Waals surface area contributed by atoms with Gasteiger partial charge in [0.15, 0.2) is 0 Å². The van der Waals surface area contributed by atoms with Gasteiger partial charge in [-0.3, -0.25) is 0 Å². The van der Waals surface area contributed by atoms with Crippen LogP contribution in [0.3, 0.4) is 0 Å². The summed E-state index contributed by atoms with van der Waals surface area (Å²) in [4.78, 5) is 0.526. The van der Waals surface area contributed by atoms with E-state index >= 15 is 0 Å². The summed E-state index contributed by atoms with van der Waals surface area (Å²) in [5.74, 6) is 3.50. The molecule has 1 saturated heterocycles. The van der Waals surface area contributed by atoms with Crippen LogP contribution in [0.2, 0.25) is 0 Å². The average Bonchev–Trinajstić information content (AvgIpc) is 2.66. The smallest absolute Gasteiger partial charge is 0.0648 e. The lowest BCUT2D eigenvalue weighted by Crippen LogP contribution is -2.45. The van der Waals surface area contributed by atoms with Crippen molar-refractivity contribution < 1.29 is 0 Å². The van der Waals surface area contributed by atoms with Gasteiger partial charge in [0, 0.05) is 12.3 Å². The monoisotopic (exact) mass is 211 g/mol. The lowest BCUT2D eigenvalue weighted by atomic mass is 9.69. The van der Waals surface area contributed by atoms with Crippen molar-refractivity contribution in [2.45, 2.75) is 49.8 Å². The predicted molar refractivity (Wildman–Crippen MR) is 62.5 cm³/mol. The van der Waals surface area contributed by atoms with E-state index in [9.17, 15) is 0 Å². The molecule has 0 amide bonds. The molecule has 14 heavy (non-hydrogen) atoms. The molecule has 2 heteroatoms. The summed E-state index contributed by atoms with van der Waals surface area (Å²) in [6, 6.07) is 0. The number of fused-ring (bicyclic) bond motifs is 1. The van der Waals surface area contributed by atoms with E-state index < -0.39 is 0 Å². The fraction of sp³-hybridized carbons (Fsp3) is 1.00. The standard InChI is InChI=1S/C12H21NS/c1-2-4-11-9-12(13-7-8-14-12)6-5-10(11)3-1/h10-11,13H,1-9H2/t10-,11+,12+/m0/s1. The maximum Gasteiger partial charge on any atom is 0.0648 e. The van der Waals surface area contributed by atoms with Crippen molar-refractivity contribution in [3.05, 3.63) is 0 Å². The lowest BCUT2D eigenvalue weighted by Gasteiger charge is -2.44. The number of hydrogen-bond donors (Lipinski definition) is 1.